The van der Waals surface area contributed by atoms with Crippen molar-refractivity contribution in [1.82, 2.24) is 5.32 Å². The van der Waals surface area contributed by atoms with Gasteiger partial charge in [-0.05, 0) is 45.0 Å². The van der Waals surface area contributed by atoms with Gasteiger partial charge >= 0.3 is 0 Å². The van der Waals surface area contributed by atoms with Crippen molar-refractivity contribution in [3.8, 4) is 5.75 Å². The van der Waals surface area contributed by atoms with Crippen LogP contribution in [-0.2, 0) is 14.8 Å². The lowest BCUT2D eigenvalue weighted by Gasteiger charge is -2.35. The third-order valence-electron chi connectivity index (χ3n) is 4.07. The smallest absolute Gasteiger partial charge is 0.264 e. The molecule has 1 N–H and O–H groups in total. The van der Waals surface area contributed by atoms with E-state index < -0.39 is 16.1 Å². The van der Waals surface area contributed by atoms with Gasteiger partial charge in [0, 0.05) is 6.04 Å². The highest BCUT2D eigenvalue weighted by atomic mass is 32.2. The summed E-state index contributed by atoms with van der Waals surface area (Å²) >= 11 is 0. The molecule has 1 amide bonds. The Morgan fingerprint density at radius 1 is 1.15 bits per heavy atom. The Balaban J connectivity index is 2.01. The summed E-state index contributed by atoms with van der Waals surface area (Å²) in [6.07, 6.45) is -0.910. The fraction of sp³-hybridized carbons (Fsp3) is 0.316. The summed E-state index contributed by atoms with van der Waals surface area (Å²) in [6, 6.07) is 13.4. The van der Waals surface area contributed by atoms with Crippen LogP contribution >= 0.6 is 0 Å². The van der Waals surface area contributed by atoms with Gasteiger partial charge in [0.25, 0.3) is 15.9 Å². The van der Waals surface area contributed by atoms with Gasteiger partial charge in [0.1, 0.15) is 5.75 Å². The van der Waals surface area contributed by atoms with Gasteiger partial charge in [-0.1, -0.05) is 29.8 Å². The zero-order valence-electron chi connectivity index (χ0n) is 15.0. The Kier molecular flexibility index (Phi) is 4.91. The lowest BCUT2D eigenvalue weighted by Crippen LogP contribution is -2.51. The van der Waals surface area contributed by atoms with Crippen LogP contribution in [0, 0.1) is 6.92 Å². The van der Waals surface area contributed by atoms with Gasteiger partial charge in [-0.15, -0.1) is 0 Å². The minimum atomic E-state index is -3.81. The maximum Gasteiger partial charge on any atom is 0.264 e. The summed E-state index contributed by atoms with van der Waals surface area (Å²) in [5.74, 6) is 0.0388. The normalized spacial score (nSPS) is 16.8. The molecule has 0 aliphatic carbocycles. The Bertz CT molecular complexity index is 907. The van der Waals surface area contributed by atoms with Crippen LogP contribution < -0.4 is 14.4 Å². The molecule has 2 aromatic rings. The van der Waals surface area contributed by atoms with Crippen molar-refractivity contribution >= 4 is 21.6 Å². The maximum absolute atomic E-state index is 13.2. The van der Waals surface area contributed by atoms with Crippen LogP contribution in [0.3, 0.4) is 0 Å². The van der Waals surface area contributed by atoms with Gasteiger partial charge in [0.2, 0.25) is 0 Å². The van der Waals surface area contributed by atoms with Gasteiger partial charge in [-0.3, -0.25) is 9.10 Å². The SMILES string of the molecule is Cc1ccc(S(=O)(=O)N2CC(C(=O)NC(C)C)Oc3ccccc32)cc1. The van der Waals surface area contributed by atoms with Crippen LogP contribution in [0.2, 0.25) is 0 Å². The van der Waals surface area contributed by atoms with E-state index in [0.717, 1.165) is 5.56 Å². The van der Waals surface area contributed by atoms with Gasteiger partial charge < -0.3 is 10.1 Å². The third-order valence-corrected chi connectivity index (χ3v) is 5.86. The number of rotatable bonds is 4. The number of carbonyl (C=O) groups excluding carboxylic acids is 1. The van der Waals surface area contributed by atoms with Crippen molar-refractivity contribution in [1.29, 1.82) is 0 Å². The fourth-order valence-corrected chi connectivity index (χ4v) is 4.26. The molecule has 0 saturated carbocycles. The number of sulfonamides is 1. The van der Waals surface area contributed by atoms with Gasteiger partial charge in [-0.2, -0.15) is 0 Å². The van der Waals surface area contributed by atoms with Crippen LogP contribution in [-0.4, -0.2) is 33.0 Å². The molecule has 1 unspecified atom stereocenters. The van der Waals surface area contributed by atoms with E-state index >= 15 is 0 Å². The summed E-state index contributed by atoms with van der Waals surface area (Å²) in [7, 11) is -3.81. The van der Waals surface area contributed by atoms with E-state index in [1.54, 1.807) is 48.5 Å². The second-order valence-electron chi connectivity index (χ2n) is 6.59. The molecular formula is C19H22N2O4S. The predicted molar refractivity (Wildman–Crippen MR) is 99.8 cm³/mol. The molecule has 3 rings (SSSR count). The number of nitrogens with zero attached hydrogens (tertiary/aromatic N) is 1. The maximum atomic E-state index is 13.2. The molecule has 1 aliphatic rings. The highest BCUT2D eigenvalue weighted by Crippen LogP contribution is 2.36. The molecule has 0 aromatic heterocycles. The molecule has 0 fully saturated rings. The van der Waals surface area contributed by atoms with E-state index in [4.69, 9.17) is 4.74 Å². The van der Waals surface area contributed by atoms with Gasteiger partial charge in [0.05, 0.1) is 17.1 Å². The van der Waals surface area contributed by atoms with E-state index in [-0.39, 0.29) is 23.4 Å². The monoisotopic (exact) mass is 374 g/mol. The van der Waals surface area contributed by atoms with E-state index in [1.807, 2.05) is 20.8 Å². The molecule has 0 radical (unpaired) electrons. The summed E-state index contributed by atoms with van der Waals surface area (Å²) in [5.41, 5.74) is 1.40. The van der Waals surface area contributed by atoms with E-state index in [1.165, 1.54) is 4.31 Å². The van der Waals surface area contributed by atoms with Gasteiger partial charge in [-0.25, -0.2) is 8.42 Å². The first kappa shape index (κ1) is 18.3. The molecule has 6 nitrogen and oxygen atoms in total. The number of para-hydroxylation sites is 2. The number of carbonyl (C=O) groups is 1. The van der Waals surface area contributed by atoms with Crippen LogP contribution in [0.25, 0.3) is 0 Å². The number of hydrogen-bond acceptors (Lipinski definition) is 4. The highest BCUT2D eigenvalue weighted by Gasteiger charge is 2.37. The van der Waals surface area contributed by atoms with Crippen LogP contribution in [0.15, 0.2) is 53.4 Å². The van der Waals surface area contributed by atoms with E-state index in [9.17, 15) is 13.2 Å². The molecule has 0 saturated heterocycles. The molecule has 7 heteroatoms. The van der Waals surface area contributed by atoms with Gasteiger partial charge in [0.15, 0.2) is 6.10 Å². The number of ether oxygens (including phenoxy) is 1. The highest BCUT2D eigenvalue weighted by molar-refractivity contribution is 7.92. The average Bonchev–Trinajstić information content (AvgIpc) is 2.60. The number of hydrogen-bond donors (Lipinski definition) is 1. The first-order valence-electron chi connectivity index (χ1n) is 8.44. The summed E-state index contributed by atoms with van der Waals surface area (Å²) in [6.45, 7) is 5.50. The van der Waals surface area contributed by atoms with Crippen molar-refractivity contribution in [2.45, 2.75) is 37.8 Å². The minimum Gasteiger partial charge on any atom is -0.476 e. The fourth-order valence-electron chi connectivity index (χ4n) is 2.78. The molecule has 0 bridgehead atoms. The second-order valence-corrected chi connectivity index (χ2v) is 8.45. The minimum absolute atomic E-state index is 0.0644. The molecule has 138 valence electrons. The van der Waals surface area contributed by atoms with Crippen LogP contribution in [0.4, 0.5) is 5.69 Å². The quantitative estimate of drug-likeness (QED) is 0.892. The molecule has 0 spiro atoms. The van der Waals surface area contributed by atoms with Crippen LogP contribution in [0.1, 0.15) is 19.4 Å². The number of benzene rings is 2. The first-order valence-corrected chi connectivity index (χ1v) is 9.88. The number of anilines is 1. The predicted octanol–water partition coefficient (Wildman–Crippen LogP) is 2.48. The first-order chi connectivity index (χ1) is 12.3. The Morgan fingerprint density at radius 3 is 2.46 bits per heavy atom. The zero-order valence-corrected chi connectivity index (χ0v) is 15.8. The number of amides is 1. The lowest BCUT2D eigenvalue weighted by atomic mass is 10.2. The average molecular weight is 374 g/mol. The third kappa shape index (κ3) is 3.53. The Hall–Kier alpha value is -2.54. The topological polar surface area (TPSA) is 75.7 Å². The molecule has 1 heterocycles. The summed E-state index contributed by atoms with van der Waals surface area (Å²) < 4.78 is 33.4. The molecule has 1 atom stereocenters. The molecule has 26 heavy (non-hydrogen) atoms. The van der Waals surface area contributed by atoms with Crippen molar-refractivity contribution in [2.75, 3.05) is 10.8 Å². The number of fused-ring (bicyclic) bond motifs is 1. The van der Waals surface area contributed by atoms with E-state index in [2.05, 4.69) is 5.32 Å². The Morgan fingerprint density at radius 2 is 1.81 bits per heavy atom. The van der Waals surface area contributed by atoms with Crippen molar-refractivity contribution in [2.24, 2.45) is 0 Å². The van der Waals surface area contributed by atoms with Crippen molar-refractivity contribution in [3.63, 3.8) is 0 Å². The molecular weight excluding hydrogens is 352 g/mol. The number of aryl methyl sites for hydroxylation is 1. The van der Waals surface area contributed by atoms with Crippen molar-refractivity contribution < 1.29 is 17.9 Å². The molecule has 1 aliphatic heterocycles. The van der Waals surface area contributed by atoms with E-state index in [0.29, 0.717) is 11.4 Å². The van der Waals surface area contributed by atoms with Crippen LogP contribution in [0.5, 0.6) is 5.75 Å². The lowest BCUT2D eigenvalue weighted by molar-refractivity contribution is -0.128. The Labute approximate surface area is 153 Å². The molecule has 2 aromatic carbocycles. The summed E-state index contributed by atoms with van der Waals surface area (Å²) in [5, 5.41) is 2.78. The zero-order chi connectivity index (χ0) is 18.9. The van der Waals surface area contributed by atoms with Crippen molar-refractivity contribution in [3.05, 3.63) is 54.1 Å². The summed E-state index contributed by atoms with van der Waals surface area (Å²) in [4.78, 5) is 12.6. The second kappa shape index (κ2) is 6.99. The standard InChI is InChI=1S/C19H22N2O4S/c1-13(2)20-19(22)18-12-21(16-6-4-5-7-17(16)25-18)26(23,24)15-10-8-14(3)9-11-15/h4-11,13,18H,12H2,1-3H3,(H,20,22). The largest absolute Gasteiger partial charge is 0.476 e. The number of nitrogens with one attached hydrogen (secondary N) is 1.